The van der Waals surface area contributed by atoms with Crippen LogP contribution in [0.4, 0.5) is 4.79 Å². The molecule has 1 heterocycles. The molecule has 1 aromatic rings. The van der Waals surface area contributed by atoms with Crippen LogP contribution < -0.4 is 10.1 Å². The Morgan fingerprint density at radius 3 is 2.36 bits per heavy atom. The minimum atomic E-state index is -0.744. The van der Waals surface area contributed by atoms with Crippen molar-refractivity contribution in [2.75, 3.05) is 20.2 Å². The third kappa shape index (κ3) is 3.60. The number of likely N-dealkylation sites (tertiary alicyclic amines) is 1. The SMILES string of the molecule is COc1ccc2c(c1)C1(CCN(C(=O)NC3C4CC5CC(C4)CC3C5)CC1)CC2CC(=O)O. The molecule has 6 aliphatic rings. The van der Waals surface area contributed by atoms with Gasteiger partial charge in [0.05, 0.1) is 13.5 Å². The maximum absolute atomic E-state index is 13.3. The molecular formula is C27H36N2O4. The van der Waals surface area contributed by atoms with Crippen molar-refractivity contribution < 1.29 is 19.4 Å². The highest BCUT2D eigenvalue weighted by Crippen LogP contribution is 2.55. The molecule has 0 aromatic heterocycles. The van der Waals surface area contributed by atoms with Gasteiger partial charge in [-0.05, 0) is 110 Å². The van der Waals surface area contributed by atoms with Crippen LogP contribution in [0.25, 0.3) is 0 Å². The first-order valence-electron chi connectivity index (χ1n) is 12.9. The number of urea groups is 1. The fourth-order valence-corrected chi connectivity index (χ4v) is 8.57. The van der Waals surface area contributed by atoms with Crippen molar-refractivity contribution in [2.24, 2.45) is 23.7 Å². The van der Waals surface area contributed by atoms with Crippen LogP contribution >= 0.6 is 0 Å². The Bertz CT molecular complexity index is 923. The Morgan fingerprint density at radius 2 is 1.76 bits per heavy atom. The van der Waals surface area contributed by atoms with Crippen LogP contribution in [0.3, 0.4) is 0 Å². The van der Waals surface area contributed by atoms with Crippen molar-refractivity contribution >= 4 is 12.0 Å². The van der Waals surface area contributed by atoms with E-state index < -0.39 is 5.97 Å². The van der Waals surface area contributed by atoms with Crippen LogP contribution in [-0.4, -0.2) is 48.2 Å². The first kappa shape index (κ1) is 21.3. The number of carboxylic acids is 1. The van der Waals surface area contributed by atoms with Crippen LogP contribution in [-0.2, 0) is 10.2 Å². The van der Waals surface area contributed by atoms with E-state index in [1.807, 2.05) is 11.0 Å². The Labute approximate surface area is 196 Å². The average molecular weight is 453 g/mol. The van der Waals surface area contributed by atoms with Crippen LogP contribution in [0.1, 0.15) is 74.8 Å². The fourth-order valence-electron chi connectivity index (χ4n) is 8.57. The summed E-state index contributed by atoms with van der Waals surface area (Å²) >= 11 is 0. The molecule has 5 fully saturated rings. The second kappa shape index (κ2) is 7.92. The number of piperidine rings is 1. The van der Waals surface area contributed by atoms with Crippen molar-refractivity contribution in [1.82, 2.24) is 10.2 Å². The number of hydrogen-bond acceptors (Lipinski definition) is 3. The lowest BCUT2D eigenvalue weighted by Gasteiger charge is -2.54. The minimum absolute atomic E-state index is 0.0387. The highest BCUT2D eigenvalue weighted by molar-refractivity contribution is 5.75. The molecule has 6 heteroatoms. The molecule has 178 valence electrons. The van der Waals surface area contributed by atoms with E-state index in [9.17, 15) is 14.7 Å². The molecule has 1 atom stereocenters. The number of hydrogen-bond donors (Lipinski definition) is 2. The summed E-state index contributed by atoms with van der Waals surface area (Å²) < 4.78 is 5.49. The zero-order chi connectivity index (χ0) is 22.7. The van der Waals surface area contributed by atoms with Crippen molar-refractivity contribution in [3.63, 3.8) is 0 Å². The quantitative estimate of drug-likeness (QED) is 0.704. The van der Waals surface area contributed by atoms with E-state index in [-0.39, 0.29) is 23.8 Å². The van der Waals surface area contributed by atoms with E-state index >= 15 is 0 Å². The molecule has 1 aromatic carbocycles. The lowest BCUT2D eigenvalue weighted by atomic mass is 9.54. The molecule has 2 amide bonds. The lowest BCUT2D eigenvalue weighted by molar-refractivity contribution is -0.137. The molecule has 1 aliphatic heterocycles. The van der Waals surface area contributed by atoms with Crippen LogP contribution in [0.5, 0.6) is 5.75 Å². The molecule has 1 saturated heterocycles. The van der Waals surface area contributed by atoms with Gasteiger partial charge < -0.3 is 20.1 Å². The predicted molar refractivity (Wildman–Crippen MR) is 124 cm³/mol. The van der Waals surface area contributed by atoms with E-state index in [1.54, 1.807) is 7.11 Å². The largest absolute Gasteiger partial charge is 0.497 e. The van der Waals surface area contributed by atoms with Gasteiger partial charge in [-0.2, -0.15) is 0 Å². The summed E-state index contributed by atoms with van der Waals surface area (Å²) in [4.78, 5) is 26.8. The number of nitrogens with one attached hydrogen (secondary N) is 1. The summed E-state index contributed by atoms with van der Waals surface area (Å²) in [6, 6.07) is 6.61. The number of carbonyl (C=O) groups excluding carboxylic acids is 1. The third-order valence-corrected chi connectivity index (χ3v) is 9.85. The average Bonchev–Trinajstić information content (AvgIpc) is 3.07. The number of aliphatic carboxylic acids is 1. The molecule has 7 rings (SSSR count). The number of ether oxygens (including phenoxy) is 1. The molecule has 0 radical (unpaired) electrons. The maximum Gasteiger partial charge on any atom is 0.317 e. The van der Waals surface area contributed by atoms with Gasteiger partial charge in [-0.15, -0.1) is 0 Å². The molecular weight excluding hydrogens is 416 g/mol. The number of carbonyl (C=O) groups is 2. The van der Waals surface area contributed by atoms with Crippen LogP contribution in [0, 0.1) is 23.7 Å². The number of amides is 2. The van der Waals surface area contributed by atoms with Gasteiger partial charge in [0.2, 0.25) is 0 Å². The number of benzene rings is 1. The first-order valence-corrected chi connectivity index (χ1v) is 12.9. The Kier molecular flexibility index (Phi) is 5.11. The first-order chi connectivity index (χ1) is 15.9. The Balaban J connectivity index is 1.15. The van der Waals surface area contributed by atoms with Crippen molar-refractivity contribution in [3.05, 3.63) is 29.3 Å². The predicted octanol–water partition coefficient (Wildman–Crippen LogP) is 4.53. The van der Waals surface area contributed by atoms with Crippen LogP contribution in [0.2, 0.25) is 0 Å². The minimum Gasteiger partial charge on any atom is -0.497 e. The molecule has 33 heavy (non-hydrogen) atoms. The number of nitrogens with zero attached hydrogens (tertiary/aromatic N) is 1. The van der Waals surface area contributed by atoms with Gasteiger partial charge in [0, 0.05) is 19.1 Å². The van der Waals surface area contributed by atoms with Crippen molar-refractivity contribution in [3.8, 4) is 5.75 Å². The van der Waals surface area contributed by atoms with Gasteiger partial charge in [0.25, 0.3) is 0 Å². The van der Waals surface area contributed by atoms with Gasteiger partial charge >= 0.3 is 12.0 Å². The van der Waals surface area contributed by atoms with Crippen molar-refractivity contribution in [1.29, 1.82) is 0 Å². The third-order valence-electron chi connectivity index (χ3n) is 9.85. The highest BCUT2D eigenvalue weighted by atomic mass is 16.5. The number of methoxy groups -OCH3 is 1. The van der Waals surface area contributed by atoms with E-state index in [1.165, 1.54) is 37.7 Å². The molecule has 1 unspecified atom stereocenters. The normalized spacial score (nSPS) is 35.5. The van der Waals surface area contributed by atoms with Gasteiger partial charge in [0.1, 0.15) is 5.75 Å². The number of carboxylic acid groups (broad SMARTS) is 1. The number of fused-ring (bicyclic) bond motifs is 2. The summed E-state index contributed by atoms with van der Waals surface area (Å²) in [7, 11) is 1.68. The highest BCUT2D eigenvalue weighted by Gasteiger charge is 2.50. The summed E-state index contributed by atoms with van der Waals surface area (Å²) in [5.74, 6) is 3.32. The summed E-state index contributed by atoms with van der Waals surface area (Å²) in [5, 5.41) is 12.9. The molecule has 2 N–H and O–H groups in total. The van der Waals surface area contributed by atoms with Gasteiger partial charge in [-0.25, -0.2) is 4.79 Å². The van der Waals surface area contributed by atoms with Gasteiger partial charge in [-0.3, -0.25) is 4.79 Å². The van der Waals surface area contributed by atoms with Crippen molar-refractivity contribution in [2.45, 2.75) is 75.2 Å². The zero-order valence-electron chi connectivity index (χ0n) is 19.6. The van der Waals surface area contributed by atoms with E-state index in [0.29, 0.717) is 17.9 Å². The molecule has 4 saturated carbocycles. The topological polar surface area (TPSA) is 78.9 Å². The Hall–Kier alpha value is -2.24. The zero-order valence-corrected chi connectivity index (χ0v) is 19.6. The molecule has 5 aliphatic carbocycles. The van der Waals surface area contributed by atoms with Gasteiger partial charge in [-0.1, -0.05) is 6.07 Å². The molecule has 1 spiro atoms. The van der Waals surface area contributed by atoms with Crippen LogP contribution in [0.15, 0.2) is 18.2 Å². The monoisotopic (exact) mass is 452 g/mol. The second-order valence-corrected chi connectivity index (χ2v) is 11.6. The maximum atomic E-state index is 13.3. The fraction of sp³-hybridized carbons (Fsp3) is 0.704. The summed E-state index contributed by atoms with van der Waals surface area (Å²) in [6.45, 7) is 1.46. The van der Waals surface area contributed by atoms with E-state index in [2.05, 4.69) is 17.4 Å². The number of rotatable bonds is 4. The standard InChI is InChI=1S/C27H36N2O4/c1-33-21-2-3-22-20(13-24(30)31)15-27(23(22)14-21)4-6-29(7-5-27)26(32)28-25-18-9-16-8-17(11-18)12-19(25)10-16/h2-3,14,16-20,25H,4-13,15H2,1H3,(H,28,32)(H,30,31). The van der Waals surface area contributed by atoms with E-state index in [0.717, 1.165) is 55.5 Å². The Morgan fingerprint density at radius 1 is 1.09 bits per heavy atom. The second-order valence-electron chi connectivity index (χ2n) is 11.6. The summed E-state index contributed by atoms with van der Waals surface area (Å²) in [6.07, 6.45) is 9.46. The van der Waals surface area contributed by atoms with Gasteiger partial charge in [0.15, 0.2) is 0 Å². The molecule has 6 nitrogen and oxygen atoms in total. The smallest absolute Gasteiger partial charge is 0.317 e. The molecule has 4 bridgehead atoms. The summed E-state index contributed by atoms with van der Waals surface area (Å²) in [5.41, 5.74) is 2.35. The lowest BCUT2D eigenvalue weighted by Crippen LogP contribution is -2.59. The van der Waals surface area contributed by atoms with E-state index in [4.69, 9.17) is 4.74 Å².